The zero-order valence-electron chi connectivity index (χ0n) is 13.0. The molecule has 2 rings (SSSR count). The van der Waals surface area contributed by atoms with Crippen molar-refractivity contribution < 1.29 is 14.7 Å². The summed E-state index contributed by atoms with van der Waals surface area (Å²) in [6, 6.07) is 7.56. The number of carbonyl (C=O) groups is 2. The largest absolute Gasteiger partial charge is 0.396 e. The van der Waals surface area contributed by atoms with Crippen LogP contribution in [0.4, 0.5) is 5.69 Å². The fourth-order valence-electron chi connectivity index (χ4n) is 2.53. The Bertz CT molecular complexity index is 526. The number of benzene rings is 1. The molecular weight excluding hydrogens is 280 g/mol. The number of hydrogen-bond acceptors (Lipinski definition) is 4. The van der Waals surface area contributed by atoms with Crippen LogP contribution in [-0.4, -0.2) is 47.4 Å². The molecule has 0 saturated heterocycles. The highest BCUT2D eigenvalue weighted by atomic mass is 16.3. The number of aliphatic hydroxyl groups excluding tert-OH is 1. The average molecular weight is 304 g/mol. The molecule has 1 fully saturated rings. The molecular formula is C17H24N2O3. The van der Waals surface area contributed by atoms with Gasteiger partial charge in [-0.3, -0.25) is 14.5 Å². The summed E-state index contributed by atoms with van der Waals surface area (Å²) in [5.74, 6) is -0.150. The van der Waals surface area contributed by atoms with Gasteiger partial charge < -0.3 is 10.4 Å². The Kier molecular flexibility index (Phi) is 6.10. The van der Waals surface area contributed by atoms with Crippen LogP contribution in [0.1, 0.15) is 43.0 Å². The van der Waals surface area contributed by atoms with Crippen LogP contribution in [-0.2, 0) is 4.79 Å². The molecule has 1 aromatic carbocycles. The first-order chi connectivity index (χ1) is 10.6. The van der Waals surface area contributed by atoms with Crippen LogP contribution in [0.2, 0.25) is 0 Å². The van der Waals surface area contributed by atoms with Gasteiger partial charge in [-0.05, 0) is 51.3 Å². The quantitative estimate of drug-likeness (QED) is 0.541. The van der Waals surface area contributed by atoms with Gasteiger partial charge in [-0.1, -0.05) is 12.1 Å². The number of rotatable bonds is 9. The van der Waals surface area contributed by atoms with E-state index >= 15 is 0 Å². The van der Waals surface area contributed by atoms with Gasteiger partial charge in [0.1, 0.15) is 0 Å². The van der Waals surface area contributed by atoms with Gasteiger partial charge in [-0.15, -0.1) is 0 Å². The van der Waals surface area contributed by atoms with Crippen LogP contribution in [0.15, 0.2) is 24.3 Å². The van der Waals surface area contributed by atoms with Crippen molar-refractivity contribution in [3.05, 3.63) is 29.8 Å². The molecule has 0 spiro atoms. The van der Waals surface area contributed by atoms with E-state index in [0.717, 1.165) is 32.2 Å². The van der Waals surface area contributed by atoms with Crippen molar-refractivity contribution in [1.29, 1.82) is 0 Å². The predicted molar refractivity (Wildman–Crippen MR) is 86.0 cm³/mol. The third-order valence-corrected chi connectivity index (χ3v) is 3.84. The molecule has 0 bridgehead atoms. The van der Waals surface area contributed by atoms with E-state index in [0.29, 0.717) is 23.8 Å². The van der Waals surface area contributed by atoms with Gasteiger partial charge in [0.2, 0.25) is 5.91 Å². The number of anilines is 1. The highest BCUT2D eigenvalue weighted by Crippen LogP contribution is 2.27. The van der Waals surface area contributed by atoms with Crippen molar-refractivity contribution in [3.8, 4) is 0 Å². The average Bonchev–Trinajstić information content (AvgIpc) is 3.31. The maximum absolute atomic E-state index is 12.2. The number of nitrogens with one attached hydrogen (secondary N) is 1. The van der Waals surface area contributed by atoms with Crippen LogP contribution in [0.5, 0.6) is 0 Å². The van der Waals surface area contributed by atoms with Crippen molar-refractivity contribution in [3.63, 3.8) is 0 Å². The molecule has 5 nitrogen and oxygen atoms in total. The Labute approximate surface area is 131 Å². The molecule has 120 valence electrons. The molecule has 0 radical (unpaired) electrons. The van der Waals surface area contributed by atoms with Crippen LogP contribution >= 0.6 is 0 Å². The molecule has 1 aliphatic rings. The van der Waals surface area contributed by atoms with E-state index in [2.05, 4.69) is 10.2 Å². The van der Waals surface area contributed by atoms with Crippen LogP contribution in [0.25, 0.3) is 0 Å². The summed E-state index contributed by atoms with van der Waals surface area (Å²) in [6.45, 7) is 2.85. The van der Waals surface area contributed by atoms with Crippen molar-refractivity contribution in [2.75, 3.05) is 25.0 Å². The van der Waals surface area contributed by atoms with E-state index in [1.807, 2.05) is 6.07 Å². The van der Waals surface area contributed by atoms with E-state index in [1.54, 1.807) is 18.2 Å². The van der Waals surface area contributed by atoms with Gasteiger partial charge in [0.15, 0.2) is 5.78 Å². The summed E-state index contributed by atoms with van der Waals surface area (Å²) in [4.78, 5) is 26.0. The number of aliphatic hydroxyl groups is 1. The Hall–Kier alpha value is -1.72. The minimum absolute atomic E-state index is 0.0575. The normalized spacial score (nSPS) is 14.1. The van der Waals surface area contributed by atoms with Gasteiger partial charge in [-0.25, -0.2) is 0 Å². The van der Waals surface area contributed by atoms with E-state index in [1.165, 1.54) is 6.92 Å². The molecule has 0 aromatic heterocycles. The van der Waals surface area contributed by atoms with Crippen LogP contribution < -0.4 is 5.32 Å². The summed E-state index contributed by atoms with van der Waals surface area (Å²) < 4.78 is 0. The fraction of sp³-hybridized carbons (Fsp3) is 0.529. The maximum Gasteiger partial charge on any atom is 0.238 e. The molecule has 1 amide bonds. The Balaban J connectivity index is 1.92. The van der Waals surface area contributed by atoms with Crippen molar-refractivity contribution in [2.45, 2.75) is 38.6 Å². The molecule has 0 atom stereocenters. The molecule has 1 aromatic rings. The van der Waals surface area contributed by atoms with E-state index in [-0.39, 0.29) is 18.3 Å². The minimum Gasteiger partial charge on any atom is -0.396 e. The van der Waals surface area contributed by atoms with Crippen LogP contribution in [0, 0.1) is 0 Å². The van der Waals surface area contributed by atoms with Crippen molar-refractivity contribution in [1.82, 2.24) is 4.90 Å². The van der Waals surface area contributed by atoms with Gasteiger partial charge in [0.05, 0.1) is 12.2 Å². The monoisotopic (exact) mass is 304 g/mol. The first-order valence-corrected chi connectivity index (χ1v) is 7.86. The smallest absolute Gasteiger partial charge is 0.238 e. The van der Waals surface area contributed by atoms with Gasteiger partial charge >= 0.3 is 0 Å². The second kappa shape index (κ2) is 8.06. The summed E-state index contributed by atoms with van der Waals surface area (Å²) in [6.07, 6.45) is 3.93. The molecule has 0 aliphatic heterocycles. The second-order valence-electron chi connectivity index (χ2n) is 5.78. The summed E-state index contributed by atoms with van der Waals surface area (Å²) >= 11 is 0. The van der Waals surface area contributed by atoms with E-state index in [9.17, 15) is 9.59 Å². The molecule has 0 heterocycles. The van der Waals surface area contributed by atoms with Crippen LogP contribution in [0.3, 0.4) is 0 Å². The molecule has 1 saturated carbocycles. The summed E-state index contributed by atoms with van der Waals surface area (Å²) in [5, 5.41) is 11.7. The number of carbonyl (C=O) groups excluding carboxylic acids is 2. The topological polar surface area (TPSA) is 69.6 Å². The number of unbranched alkanes of at least 4 members (excludes halogenated alkanes) is 1. The fourth-order valence-corrected chi connectivity index (χ4v) is 2.53. The standard InChI is InChI=1S/C17H24N2O3/c1-13(21)15-6-2-3-7-16(15)18-17(22)12-19(14-8-9-14)10-4-5-11-20/h2-3,6-7,14,20H,4-5,8-12H2,1H3,(H,18,22). The highest BCUT2D eigenvalue weighted by molar-refractivity contribution is 6.04. The first kappa shape index (κ1) is 16.6. The summed E-state index contributed by atoms with van der Waals surface area (Å²) in [7, 11) is 0. The number of nitrogens with zero attached hydrogens (tertiary/aromatic N) is 1. The third-order valence-electron chi connectivity index (χ3n) is 3.84. The number of Topliss-reactive ketones (excluding diaryl/α,β-unsaturated/α-hetero) is 1. The maximum atomic E-state index is 12.2. The molecule has 22 heavy (non-hydrogen) atoms. The minimum atomic E-state index is -0.0930. The van der Waals surface area contributed by atoms with Gasteiger partial charge in [-0.2, -0.15) is 0 Å². The Morgan fingerprint density at radius 2 is 2.00 bits per heavy atom. The Morgan fingerprint density at radius 3 is 2.64 bits per heavy atom. The van der Waals surface area contributed by atoms with Gasteiger partial charge in [0, 0.05) is 18.2 Å². The lowest BCUT2D eigenvalue weighted by Crippen LogP contribution is -2.36. The third kappa shape index (κ3) is 4.93. The highest BCUT2D eigenvalue weighted by Gasteiger charge is 2.29. The SMILES string of the molecule is CC(=O)c1ccccc1NC(=O)CN(CCCCO)C1CC1. The molecule has 0 unspecified atom stereocenters. The lowest BCUT2D eigenvalue weighted by molar-refractivity contribution is -0.117. The predicted octanol–water partition coefficient (Wildman–Crippen LogP) is 2.06. The van der Waals surface area contributed by atoms with Gasteiger partial charge in [0.25, 0.3) is 0 Å². The zero-order chi connectivity index (χ0) is 15.9. The number of ketones is 1. The molecule has 1 aliphatic carbocycles. The number of amides is 1. The van der Waals surface area contributed by atoms with E-state index in [4.69, 9.17) is 5.11 Å². The number of para-hydroxylation sites is 1. The Morgan fingerprint density at radius 1 is 1.27 bits per heavy atom. The second-order valence-corrected chi connectivity index (χ2v) is 5.78. The number of hydrogen-bond donors (Lipinski definition) is 2. The van der Waals surface area contributed by atoms with Crippen molar-refractivity contribution in [2.24, 2.45) is 0 Å². The van der Waals surface area contributed by atoms with E-state index < -0.39 is 0 Å². The lowest BCUT2D eigenvalue weighted by Gasteiger charge is -2.21. The van der Waals surface area contributed by atoms with Crippen molar-refractivity contribution >= 4 is 17.4 Å². The first-order valence-electron chi connectivity index (χ1n) is 7.86. The molecule has 5 heteroatoms. The zero-order valence-corrected chi connectivity index (χ0v) is 13.0. The molecule has 2 N–H and O–H groups in total. The summed E-state index contributed by atoms with van der Waals surface area (Å²) in [5.41, 5.74) is 1.11. The lowest BCUT2D eigenvalue weighted by atomic mass is 10.1.